The van der Waals surface area contributed by atoms with Gasteiger partial charge >= 0.3 is 0 Å². The monoisotopic (exact) mass is 153 g/mol. The average molecular weight is 153 g/mol. The van der Waals surface area contributed by atoms with Gasteiger partial charge in [-0.25, -0.2) is 4.98 Å². The van der Waals surface area contributed by atoms with Gasteiger partial charge in [-0.3, -0.25) is 0 Å². The molecule has 0 atom stereocenters. The molecule has 4 nitrogen and oxygen atoms in total. The summed E-state index contributed by atoms with van der Waals surface area (Å²) in [6.45, 7) is 3.81. The summed E-state index contributed by atoms with van der Waals surface area (Å²) in [6.07, 6.45) is 0.480. The van der Waals surface area contributed by atoms with Gasteiger partial charge in [-0.1, -0.05) is 0 Å². The largest absolute Gasteiger partial charge is 0.396 e. The molecule has 0 spiro atoms. The van der Waals surface area contributed by atoms with Crippen molar-refractivity contribution in [2.45, 2.75) is 20.3 Å². The Morgan fingerprint density at radius 3 is 2.45 bits per heavy atom. The van der Waals surface area contributed by atoms with Crippen LogP contribution in [0.2, 0.25) is 0 Å². The summed E-state index contributed by atoms with van der Waals surface area (Å²) in [4.78, 5) is 4.13. The molecule has 0 radical (unpaired) electrons. The van der Waals surface area contributed by atoms with Crippen LogP contribution in [0.5, 0.6) is 0 Å². The van der Waals surface area contributed by atoms with Gasteiger partial charge in [-0.15, -0.1) is 5.10 Å². The fourth-order valence-electron chi connectivity index (χ4n) is 0.708. The number of hydrogen-bond donors (Lipinski definition) is 1. The lowest BCUT2D eigenvalue weighted by Crippen LogP contribution is -2.04. The van der Waals surface area contributed by atoms with Crippen molar-refractivity contribution in [3.63, 3.8) is 0 Å². The Balaban J connectivity index is 2.86. The first-order chi connectivity index (χ1) is 5.24. The van der Waals surface area contributed by atoms with Gasteiger partial charge in [0.1, 0.15) is 0 Å². The number of aryl methyl sites for hydroxylation is 2. The molecule has 1 aromatic rings. The summed E-state index contributed by atoms with van der Waals surface area (Å²) in [7, 11) is 0. The van der Waals surface area contributed by atoms with E-state index in [4.69, 9.17) is 5.11 Å². The second kappa shape index (κ2) is 3.39. The molecule has 0 aromatic carbocycles. The van der Waals surface area contributed by atoms with Gasteiger partial charge in [0.25, 0.3) is 0 Å². The van der Waals surface area contributed by atoms with E-state index in [0.717, 1.165) is 11.4 Å². The number of nitrogens with zero attached hydrogens (tertiary/aromatic N) is 3. The number of aliphatic hydroxyl groups is 1. The molecule has 0 unspecified atom stereocenters. The first kappa shape index (κ1) is 8.07. The van der Waals surface area contributed by atoms with Crippen LogP contribution >= 0.6 is 0 Å². The Morgan fingerprint density at radius 1 is 1.18 bits per heavy atom. The van der Waals surface area contributed by atoms with Crippen molar-refractivity contribution in [2.75, 3.05) is 6.61 Å². The van der Waals surface area contributed by atoms with Crippen LogP contribution in [0.4, 0.5) is 0 Å². The van der Waals surface area contributed by atoms with Gasteiger partial charge < -0.3 is 5.11 Å². The molecule has 0 bridgehead atoms. The van der Waals surface area contributed by atoms with Gasteiger partial charge in [-0.05, 0) is 13.8 Å². The molecule has 4 heteroatoms. The highest BCUT2D eigenvalue weighted by atomic mass is 16.3. The first-order valence-electron chi connectivity index (χ1n) is 3.51. The standard InChI is InChI=1S/C7H11N3O/c1-5-6(2)9-10-7(8-5)3-4-11/h11H,3-4H2,1-2H3. The molecule has 0 amide bonds. The maximum absolute atomic E-state index is 8.57. The minimum atomic E-state index is 0.0736. The molecule has 1 heterocycles. The van der Waals surface area contributed by atoms with Gasteiger partial charge in [0.05, 0.1) is 18.0 Å². The molecule has 0 fully saturated rings. The second-order valence-electron chi connectivity index (χ2n) is 2.37. The van der Waals surface area contributed by atoms with Crippen LogP contribution in [0, 0.1) is 13.8 Å². The van der Waals surface area contributed by atoms with Crippen molar-refractivity contribution >= 4 is 0 Å². The highest BCUT2D eigenvalue weighted by Crippen LogP contribution is 1.97. The second-order valence-corrected chi connectivity index (χ2v) is 2.37. The molecule has 1 rings (SSSR count). The highest BCUT2D eigenvalue weighted by Gasteiger charge is 1.99. The van der Waals surface area contributed by atoms with Crippen LogP contribution in [0.1, 0.15) is 17.2 Å². The van der Waals surface area contributed by atoms with E-state index in [1.807, 2.05) is 13.8 Å². The van der Waals surface area contributed by atoms with Crippen molar-refractivity contribution in [3.8, 4) is 0 Å². The van der Waals surface area contributed by atoms with E-state index in [1.165, 1.54) is 0 Å². The van der Waals surface area contributed by atoms with Crippen LogP contribution in [0.3, 0.4) is 0 Å². The summed E-state index contributed by atoms with van der Waals surface area (Å²) >= 11 is 0. The Kier molecular flexibility index (Phi) is 2.48. The van der Waals surface area contributed by atoms with E-state index < -0.39 is 0 Å². The SMILES string of the molecule is Cc1nnc(CCO)nc1C. The van der Waals surface area contributed by atoms with E-state index >= 15 is 0 Å². The Bertz CT molecular complexity index is 249. The zero-order valence-corrected chi connectivity index (χ0v) is 6.70. The van der Waals surface area contributed by atoms with Crippen molar-refractivity contribution < 1.29 is 5.11 Å². The predicted octanol–water partition coefficient (Wildman–Crippen LogP) is 0.0232. The number of hydrogen-bond acceptors (Lipinski definition) is 4. The lowest BCUT2D eigenvalue weighted by atomic mass is 10.3. The van der Waals surface area contributed by atoms with Crippen LogP contribution in [-0.2, 0) is 6.42 Å². The Morgan fingerprint density at radius 2 is 1.91 bits per heavy atom. The first-order valence-corrected chi connectivity index (χ1v) is 3.51. The molecule has 0 saturated carbocycles. The van der Waals surface area contributed by atoms with E-state index in [9.17, 15) is 0 Å². The van der Waals surface area contributed by atoms with Gasteiger partial charge in [0, 0.05) is 6.42 Å². The number of aromatic nitrogens is 3. The summed E-state index contributed by atoms with van der Waals surface area (Å²) < 4.78 is 0. The normalized spacial score (nSPS) is 10.1. The molecule has 1 N–H and O–H groups in total. The lowest BCUT2D eigenvalue weighted by Gasteiger charge is -1.98. The molecule has 11 heavy (non-hydrogen) atoms. The summed E-state index contributed by atoms with van der Waals surface area (Å²) in [5, 5.41) is 16.3. The van der Waals surface area contributed by atoms with Crippen molar-refractivity contribution in [2.24, 2.45) is 0 Å². The molecule has 60 valence electrons. The number of aliphatic hydroxyl groups excluding tert-OH is 1. The minimum Gasteiger partial charge on any atom is -0.396 e. The summed E-state index contributed by atoms with van der Waals surface area (Å²) in [6, 6.07) is 0. The molecule has 0 aliphatic carbocycles. The third kappa shape index (κ3) is 1.94. The Labute approximate surface area is 65.3 Å². The number of rotatable bonds is 2. The van der Waals surface area contributed by atoms with E-state index in [1.54, 1.807) is 0 Å². The molecule has 0 aliphatic heterocycles. The average Bonchev–Trinajstić information content (AvgIpc) is 1.98. The van der Waals surface area contributed by atoms with E-state index in [-0.39, 0.29) is 6.61 Å². The third-order valence-electron chi connectivity index (χ3n) is 1.47. The molecule has 0 aliphatic rings. The zero-order chi connectivity index (χ0) is 8.27. The van der Waals surface area contributed by atoms with Crippen LogP contribution in [0.25, 0.3) is 0 Å². The zero-order valence-electron chi connectivity index (χ0n) is 6.70. The maximum atomic E-state index is 8.57. The van der Waals surface area contributed by atoms with Gasteiger partial charge in [-0.2, -0.15) is 5.10 Å². The predicted molar refractivity (Wildman–Crippen MR) is 40.1 cm³/mol. The van der Waals surface area contributed by atoms with Gasteiger partial charge in [0.2, 0.25) is 0 Å². The van der Waals surface area contributed by atoms with Crippen molar-refractivity contribution in [3.05, 3.63) is 17.2 Å². The molecular formula is C7H11N3O. The quantitative estimate of drug-likeness (QED) is 0.651. The van der Waals surface area contributed by atoms with Crippen LogP contribution < -0.4 is 0 Å². The molecule has 1 aromatic heterocycles. The fraction of sp³-hybridized carbons (Fsp3) is 0.571. The smallest absolute Gasteiger partial charge is 0.153 e. The lowest BCUT2D eigenvalue weighted by molar-refractivity contribution is 0.296. The minimum absolute atomic E-state index is 0.0736. The van der Waals surface area contributed by atoms with Crippen LogP contribution in [-0.4, -0.2) is 26.9 Å². The Hall–Kier alpha value is -1.03. The highest BCUT2D eigenvalue weighted by molar-refractivity contribution is 5.05. The topological polar surface area (TPSA) is 58.9 Å². The van der Waals surface area contributed by atoms with E-state index in [0.29, 0.717) is 12.2 Å². The summed E-state index contributed by atoms with van der Waals surface area (Å²) in [5.74, 6) is 0.607. The summed E-state index contributed by atoms with van der Waals surface area (Å²) in [5.41, 5.74) is 1.72. The van der Waals surface area contributed by atoms with Crippen molar-refractivity contribution in [1.82, 2.24) is 15.2 Å². The molecule has 0 saturated heterocycles. The molecular weight excluding hydrogens is 142 g/mol. The van der Waals surface area contributed by atoms with Gasteiger partial charge in [0.15, 0.2) is 5.82 Å². The van der Waals surface area contributed by atoms with E-state index in [2.05, 4.69) is 15.2 Å². The fourth-order valence-corrected chi connectivity index (χ4v) is 0.708. The third-order valence-corrected chi connectivity index (χ3v) is 1.47. The van der Waals surface area contributed by atoms with Crippen LogP contribution in [0.15, 0.2) is 0 Å². The maximum Gasteiger partial charge on any atom is 0.153 e. The van der Waals surface area contributed by atoms with Crippen molar-refractivity contribution in [1.29, 1.82) is 0 Å².